The van der Waals surface area contributed by atoms with Crippen LogP contribution in [0.5, 0.6) is 0 Å². The van der Waals surface area contributed by atoms with E-state index in [0.717, 1.165) is 0 Å². The van der Waals surface area contributed by atoms with Crippen LogP contribution >= 0.6 is 0 Å². The van der Waals surface area contributed by atoms with Crippen LogP contribution in [0.3, 0.4) is 0 Å². The van der Waals surface area contributed by atoms with Gasteiger partial charge in [0.25, 0.3) is 5.91 Å². The fraction of sp³-hybridized carbons (Fsp3) is 0.200. The van der Waals surface area contributed by atoms with Crippen LogP contribution in [-0.2, 0) is 14.3 Å². The van der Waals surface area contributed by atoms with E-state index < -0.39 is 23.8 Å². The smallest absolute Gasteiger partial charge is 0.307 e. The maximum Gasteiger partial charge on any atom is 0.307 e. The molecule has 0 fully saturated rings. The number of Topliss-reactive ketones (excluding diaryl/α,β-unsaturated/α-hetero) is 1. The number of carbonyl (C=O) groups excluding carboxylic acids is 3. The summed E-state index contributed by atoms with van der Waals surface area (Å²) in [7, 11) is 0. The van der Waals surface area contributed by atoms with Crippen LogP contribution < -0.4 is 5.32 Å². The molecule has 0 unspecified atom stereocenters. The summed E-state index contributed by atoms with van der Waals surface area (Å²) < 4.78 is 17.9. The summed E-state index contributed by atoms with van der Waals surface area (Å²) in [5.41, 5.74) is 1.22. The predicted molar refractivity (Wildman–Crippen MR) is 95.3 cm³/mol. The van der Waals surface area contributed by atoms with Crippen LogP contribution in [0.25, 0.3) is 0 Å². The fourth-order valence-electron chi connectivity index (χ4n) is 2.18. The molecule has 138 valence electrons. The molecule has 27 heavy (non-hydrogen) atoms. The number of esters is 1. The van der Waals surface area contributed by atoms with Gasteiger partial charge in [0.05, 0.1) is 18.1 Å². The molecular weight excluding hydrogens is 351 g/mol. The zero-order chi connectivity index (χ0) is 19.8. The summed E-state index contributed by atoms with van der Waals surface area (Å²) in [6.45, 7) is 1.42. The summed E-state index contributed by atoms with van der Waals surface area (Å²) in [6, 6.07) is 13.2. The standard InChI is InChI=1S/C20H17FN2O4/c1-13(20(26)23-17-8-2-14(12-22)3-9-17)27-19(25)11-10-18(24)15-4-6-16(21)7-5-15/h2-9,13H,10-11H2,1H3,(H,23,26)/t13-/m1/s1. The van der Waals surface area contributed by atoms with E-state index in [1.165, 1.54) is 31.2 Å². The predicted octanol–water partition coefficient (Wildman–Crippen LogP) is 3.23. The zero-order valence-corrected chi connectivity index (χ0v) is 14.6. The van der Waals surface area contributed by atoms with E-state index in [1.807, 2.05) is 6.07 Å². The Morgan fingerprint density at radius 3 is 2.30 bits per heavy atom. The summed E-state index contributed by atoms with van der Waals surface area (Å²) in [6.07, 6.45) is -1.34. The van der Waals surface area contributed by atoms with Crippen LogP contribution in [0, 0.1) is 17.1 Å². The van der Waals surface area contributed by atoms with E-state index in [9.17, 15) is 18.8 Å². The van der Waals surface area contributed by atoms with Gasteiger partial charge in [-0.2, -0.15) is 5.26 Å². The van der Waals surface area contributed by atoms with Gasteiger partial charge in [-0.15, -0.1) is 0 Å². The minimum atomic E-state index is -1.05. The number of ether oxygens (including phenoxy) is 1. The summed E-state index contributed by atoms with van der Waals surface area (Å²) in [5, 5.41) is 11.3. The highest BCUT2D eigenvalue weighted by molar-refractivity contribution is 5.98. The molecule has 1 N–H and O–H groups in total. The van der Waals surface area contributed by atoms with Gasteiger partial charge < -0.3 is 10.1 Å². The van der Waals surface area contributed by atoms with Crippen LogP contribution in [0.4, 0.5) is 10.1 Å². The quantitative estimate of drug-likeness (QED) is 0.598. The third-order valence-electron chi connectivity index (χ3n) is 3.68. The minimum Gasteiger partial charge on any atom is -0.453 e. The average molecular weight is 368 g/mol. The van der Waals surface area contributed by atoms with Gasteiger partial charge in [0.2, 0.25) is 0 Å². The van der Waals surface area contributed by atoms with E-state index >= 15 is 0 Å². The van der Waals surface area contributed by atoms with Crippen molar-refractivity contribution >= 4 is 23.3 Å². The van der Waals surface area contributed by atoms with Crippen LogP contribution in [0.2, 0.25) is 0 Å². The SMILES string of the molecule is C[C@@H](OC(=O)CCC(=O)c1ccc(F)cc1)C(=O)Nc1ccc(C#N)cc1. The number of anilines is 1. The molecule has 1 atom stereocenters. The Balaban J connectivity index is 1.79. The van der Waals surface area contributed by atoms with Crippen molar-refractivity contribution in [3.05, 3.63) is 65.5 Å². The normalized spacial score (nSPS) is 11.1. The fourth-order valence-corrected chi connectivity index (χ4v) is 2.18. The monoisotopic (exact) mass is 368 g/mol. The van der Waals surface area contributed by atoms with Crippen molar-refractivity contribution in [1.29, 1.82) is 5.26 Å². The molecule has 0 bridgehead atoms. The first-order chi connectivity index (χ1) is 12.9. The number of carbonyl (C=O) groups is 3. The lowest BCUT2D eigenvalue weighted by Crippen LogP contribution is -2.30. The Kier molecular flexibility index (Phi) is 6.78. The van der Waals surface area contributed by atoms with Crippen molar-refractivity contribution < 1.29 is 23.5 Å². The Labute approximate surface area is 155 Å². The number of hydrogen-bond donors (Lipinski definition) is 1. The molecular formula is C20H17FN2O4. The molecule has 0 radical (unpaired) electrons. The number of rotatable bonds is 7. The Hall–Kier alpha value is -3.53. The third kappa shape index (κ3) is 6.04. The first kappa shape index (κ1) is 19.8. The van der Waals surface area contributed by atoms with Crippen molar-refractivity contribution in [3.63, 3.8) is 0 Å². The molecule has 2 rings (SSSR count). The van der Waals surface area contributed by atoms with Gasteiger partial charge in [0.15, 0.2) is 11.9 Å². The van der Waals surface area contributed by atoms with Gasteiger partial charge in [-0.1, -0.05) is 0 Å². The Morgan fingerprint density at radius 2 is 1.70 bits per heavy atom. The number of halogens is 1. The molecule has 0 aromatic heterocycles. The highest BCUT2D eigenvalue weighted by Crippen LogP contribution is 2.11. The molecule has 7 heteroatoms. The maximum absolute atomic E-state index is 12.8. The third-order valence-corrected chi connectivity index (χ3v) is 3.68. The van der Waals surface area contributed by atoms with Crippen molar-refractivity contribution in [3.8, 4) is 6.07 Å². The molecule has 0 aliphatic rings. The van der Waals surface area contributed by atoms with Gasteiger partial charge in [0.1, 0.15) is 5.82 Å². The highest BCUT2D eigenvalue weighted by Gasteiger charge is 2.19. The topological polar surface area (TPSA) is 96.3 Å². The summed E-state index contributed by atoms with van der Waals surface area (Å²) in [5.74, 6) is -1.99. The van der Waals surface area contributed by atoms with E-state index in [2.05, 4.69) is 5.32 Å². The molecule has 6 nitrogen and oxygen atoms in total. The lowest BCUT2D eigenvalue weighted by Gasteiger charge is -2.13. The molecule has 0 saturated carbocycles. The number of benzene rings is 2. The van der Waals surface area contributed by atoms with Gasteiger partial charge in [0, 0.05) is 17.7 Å². The maximum atomic E-state index is 12.8. The molecule has 2 aromatic carbocycles. The number of nitrogens with zero attached hydrogens (tertiary/aromatic N) is 1. The van der Waals surface area contributed by atoms with Gasteiger partial charge in [-0.25, -0.2) is 4.39 Å². The molecule has 0 aliphatic carbocycles. The van der Waals surface area contributed by atoms with E-state index in [-0.39, 0.29) is 18.6 Å². The number of nitriles is 1. The Bertz CT molecular complexity index is 870. The molecule has 0 spiro atoms. The van der Waals surface area contributed by atoms with Gasteiger partial charge >= 0.3 is 5.97 Å². The van der Waals surface area contributed by atoms with Gasteiger partial charge in [-0.3, -0.25) is 14.4 Å². The molecule has 0 aliphatic heterocycles. The number of nitrogens with one attached hydrogen (secondary N) is 1. The highest BCUT2D eigenvalue weighted by atomic mass is 19.1. The molecule has 1 amide bonds. The van der Waals surface area contributed by atoms with E-state index in [0.29, 0.717) is 16.8 Å². The second-order valence-electron chi connectivity index (χ2n) is 5.74. The van der Waals surface area contributed by atoms with Crippen molar-refractivity contribution in [2.45, 2.75) is 25.9 Å². The average Bonchev–Trinajstić information content (AvgIpc) is 2.67. The summed E-state index contributed by atoms with van der Waals surface area (Å²) in [4.78, 5) is 35.8. The molecule has 0 heterocycles. The van der Waals surface area contributed by atoms with Gasteiger partial charge in [-0.05, 0) is 55.5 Å². The first-order valence-electron chi connectivity index (χ1n) is 8.18. The first-order valence-corrected chi connectivity index (χ1v) is 8.18. The summed E-state index contributed by atoms with van der Waals surface area (Å²) >= 11 is 0. The lowest BCUT2D eigenvalue weighted by molar-refractivity contribution is -0.153. The van der Waals surface area contributed by atoms with Crippen molar-refractivity contribution in [1.82, 2.24) is 0 Å². The zero-order valence-electron chi connectivity index (χ0n) is 14.6. The largest absolute Gasteiger partial charge is 0.453 e. The van der Waals surface area contributed by atoms with Crippen LogP contribution in [0.1, 0.15) is 35.7 Å². The second kappa shape index (κ2) is 9.25. The number of hydrogen-bond acceptors (Lipinski definition) is 5. The lowest BCUT2D eigenvalue weighted by atomic mass is 10.1. The van der Waals surface area contributed by atoms with E-state index in [4.69, 9.17) is 10.00 Å². The van der Waals surface area contributed by atoms with E-state index in [1.54, 1.807) is 24.3 Å². The molecule has 2 aromatic rings. The number of amides is 1. The Morgan fingerprint density at radius 1 is 1.07 bits per heavy atom. The van der Waals surface area contributed by atoms with Crippen LogP contribution in [0.15, 0.2) is 48.5 Å². The number of ketones is 1. The van der Waals surface area contributed by atoms with Crippen molar-refractivity contribution in [2.75, 3.05) is 5.32 Å². The minimum absolute atomic E-state index is 0.103. The molecule has 0 saturated heterocycles. The van der Waals surface area contributed by atoms with Crippen LogP contribution in [-0.4, -0.2) is 23.8 Å². The van der Waals surface area contributed by atoms with Crippen molar-refractivity contribution in [2.24, 2.45) is 0 Å². The second-order valence-corrected chi connectivity index (χ2v) is 5.74.